The second-order valence-corrected chi connectivity index (χ2v) is 6.04. The summed E-state index contributed by atoms with van der Waals surface area (Å²) in [5, 5.41) is 13.4. The monoisotopic (exact) mass is 293 g/mol. The van der Waals surface area contributed by atoms with Gasteiger partial charge in [0.2, 0.25) is 0 Å². The van der Waals surface area contributed by atoms with E-state index < -0.39 is 6.10 Å². The number of ether oxygens (including phenoxy) is 1. The molecule has 120 valence electrons. The molecule has 0 aliphatic carbocycles. The highest BCUT2D eigenvalue weighted by atomic mass is 16.5. The maximum absolute atomic E-state index is 10.0. The summed E-state index contributed by atoms with van der Waals surface area (Å²) in [4.78, 5) is 0. The summed E-state index contributed by atoms with van der Waals surface area (Å²) in [6, 6.07) is 6.58. The first kappa shape index (κ1) is 18.0. The Bertz CT molecular complexity index is 406. The molecule has 0 saturated heterocycles. The van der Waals surface area contributed by atoms with Crippen molar-refractivity contribution in [3.05, 3.63) is 29.3 Å². The maximum atomic E-state index is 10.0. The molecule has 0 aromatic heterocycles. The van der Waals surface area contributed by atoms with Crippen LogP contribution in [0.25, 0.3) is 0 Å². The first-order valence-electron chi connectivity index (χ1n) is 8.14. The standard InChI is InChI=1S/C18H31NO2/c1-5-6-7-8-16(4)19-12-17(20)13-21-18-11-14(2)9-10-15(18)3/h9-11,16-17,19-20H,5-8,12-13H2,1-4H3. The summed E-state index contributed by atoms with van der Waals surface area (Å²) in [5.74, 6) is 0.866. The van der Waals surface area contributed by atoms with Gasteiger partial charge in [-0.05, 0) is 44.4 Å². The molecule has 2 unspecified atom stereocenters. The van der Waals surface area contributed by atoms with Gasteiger partial charge in [-0.2, -0.15) is 0 Å². The predicted octanol–water partition coefficient (Wildman–Crippen LogP) is 3.60. The van der Waals surface area contributed by atoms with Crippen LogP contribution in [0.4, 0.5) is 0 Å². The molecule has 0 aliphatic rings. The van der Waals surface area contributed by atoms with Gasteiger partial charge in [0.1, 0.15) is 18.5 Å². The summed E-state index contributed by atoms with van der Waals surface area (Å²) in [5.41, 5.74) is 2.28. The Morgan fingerprint density at radius 2 is 2.00 bits per heavy atom. The Balaban J connectivity index is 2.24. The molecule has 0 bridgehead atoms. The molecule has 3 nitrogen and oxygen atoms in total. The molecule has 0 aliphatic heterocycles. The SMILES string of the molecule is CCCCCC(C)NCC(O)COc1cc(C)ccc1C. The van der Waals surface area contributed by atoms with E-state index in [0.717, 1.165) is 11.3 Å². The molecule has 0 amide bonds. The van der Waals surface area contributed by atoms with Gasteiger partial charge in [0.15, 0.2) is 0 Å². The molecular formula is C18H31NO2. The number of aliphatic hydroxyl groups is 1. The first-order valence-corrected chi connectivity index (χ1v) is 8.14. The molecular weight excluding hydrogens is 262 g/mol. The van der Waals surface area contributed by atoms with E-state index in [1.165, 1.54) is 31.2 Å². The third-order valence-electron chi connectivity index (χ3n) is 3.72. The van der Waals surface area contributed by atoms with Gasteiger partial charge in [0, 0.05) is 12.6 Å². The van der Waals surface area contributed by atoms with Gasteiger partial charge in [-0.3, -0.25) is 0 Å². The number of benzene rings is 1. The van der Waals surface area contributed by atoms with Crippen molar-refractivity contribution in [2.24, 2.45) is 0 Å². The Morgan fingerprint density at radius 1 is 1.24 bits per heavy atom. The van der Waals surface area contributed by atoms with Crippen LogP contribution in [0.2, 0.25) is 0 Å². The molecule has 3 heteroatoms. The summed E-state index contributed by atoms with van der Waals surface area (Å²) < 4.78 is 5.72. The molecule has 0 spiro atoms. The van der Waals surface area contributed by atoms with Crippen LogP contribution in [0, 0.1) is 13.8 Å². The van der Waals surface area contributed by atoms with Gasteiger partial charge in [-0.25, -0.2) is 0 Å². The van der Waals surface area contributed by atoms with Gasteiger partial charge in [0.25, 0.3) is 0 Å². The van der Waals surface area contributed by atoms with Crippen molar-refractivity contribution in [1.82, 2.24) is 5.32 Å². The van der Waals surface area contributed by atoms with Crippen molar-refractivity contribution in [2.45, 2.75) is 65.5 Å². The quantitative estimate of drug-likeness (QED) is 0.648. The smallest absolute Gasteiger partial charge is 0.122 e. The zero-order chi connectivity index (χ0) is 15.7. The largest absolute Gasteiger partial charge is 0.491 e. The number of rotatable bonds is 10. The molecule has 1 aromatic rings. The van der Waals surface area contributed by atoms with E-state index in [9.17, 15) is 5.11 Å². The average Bonchev–Trinajstić information content (AvgIpc) is 2.46. The zero-order valence-corrected chi connectivity index (χ0v) is 14.0. The van der Waals surface area contributed by atoms with Crippen LogP contribution in [0.3, 0.4) is 0 Å². The Hall–Kier alpha value is -1.06. The second-order valence-electron chi connectivity index (χ2n) is 6.04. The summed E-state index contributed by atoms with van der Waals surface area (Å²) >= 11 is 0. The minimum absolute atomic E-state index is 0.332. The molecule has 2 atom stereocenters. The maximum Gasteiger partial charge on any atom is 0.122 e. The van der Waals surface area contributed by atoms with Crippen molar-refractivity contribution >= 4 is 0 Å². The molecule has 0 saturated carbocycles. The van der Waals surface area contributed by atoms with Crippen molar-refractivity contribution in [3.63, 3.8) is 0 Å². The Morgan fingerprint density at radius 3 is 2.71 bits per heavy atom. The van der Waals surface area contributed by atoms with Crippen LogP contribution >= 0.6 is 0 Å². The van der Waals surface area contributed by atoms with Crippen molar-refractivity contribution in [1.29, 1.82) is 0 Å². The number of hydrogen-bond donors (Lipinski definition) is 2. The fraction of sp³-hybridized carbons (Fsp3) is 0.667. The molecule has 1 rings (SSSR count). The molecule has 21 heavy (non-hydrogen) atoms. The minimum Gasteiger partial charge on any atom is -0.491 e. The van der Waals surface area contributed by atoms with Crippen LogP contribution in [-0.4, -0.2) is 30.4 Å². The highest BCUT2D eigenvalue weighted by Crippen LogP contribution is 2.19. The normalized spacial score (nSPS) is 14.0. The van der Waals surface area contributed by atoms with Crippen molar-refractivity contribution in [2.75, 3.05) is 13.2 Å². The molecule has 0 heterocycles. The van der Waals surface area contributed by atoms with Crippen LogP contribution < -0.4 is 10.1 Å². The van der Waals surface area contributed by atoms with E-state index in [-0.39, 0.29) is 0 Å². The highest BCUT2D eigenvalue weighted by molar-refractivity contribution is 5.35. The fourth-order valence-electron chi connectivity index (χ4n) is 2.25. The lowest BCUT2D eigenvalue weighted by Crippen LogP contribution is -2.36. The first-order chi connectivity index (χ1) is 10.0. The molecule has 0 fully saturated rings. The fourth-order valence-corrected chi connectivity index (χ4v) is 2.25. The van der Waals surface area contributed by atoms with E-state index >= 15 is 0 Å². The second kappa shape index (κ2) is 9.80. The van der Waals surface area contributed by atoms with E-state index in [0.29, 0.717) is 19.2 Å². The highest BCUT2D eigenvalue weighted by Gasteiger charge is 2.09. The summed E-state index contributed by atoms with van der Waals surface area (Å²) in [7, 11) is 0. The minimum atomic E-state index is -0.474. The van der Waals surface area contributed by atoms with Gasteiger partial charge in [-0.15, -0.1) is 0 Å². The zero-order valence-electron chi connectivity index (χ0n) is 14.0. The number of aryl methyl sites for hydroxylation is 2. The topological polar surface area (TPSA) is 41.5 Å². The predicted molar refractivity (Wildman–Crippen MR) is 89.0 cm³/mol. The van der Waals surface area contributed by atoms with Crippen LogP contribution in [0.1, 0.15) is 50.7 Å². The number of hydrogen-bond acceptors (Lipinski definition) is 3. The van der Waals surface area contributed by atoms with Gasteiger partial charge in [0.05, 0.1) is 0 Å². The lowest BCUT2D eigenvalue weighted by atomic mass is 10.1. The van der Waals surface area contributed by atoms with Crippen LogP contribution in [-0.2, 0) is 0 Å². The average molecular weight is 293 g/mol. The van der Waals surface area contributed by atoms with E-state index in [4.69, 9.17) is 4.74 Å². The Kier molecular flexibility index (Phi) is 8.40. The van der Waals surface area contributed by atoms with Gasteiger partial charge >= 0.3 is 0 Å². The number of aliphatic hydroxyl groups excluding tert-OH is 1. The Labute approximate surface area is 129 Å². The van der Waals surface area contributed by atoms with Gasteiger partial charge < -0.3 is 15.2 Å². The third-order valence-corrected chi connectivity index (χ3v) is 3.72. The molecule has 0 radical (unpaired) electrons. The molecule has 2 N–H and O–H groups in total. The summed E-state index contributed by atoms with van der Waals surface area (Å²) in [6.07, 6.45) is 4.47. The lowest BCUT2D eigenvalue weighted by molar-refractivity contribution is 0.103. The number of nitrogens with one attached hydrogen (secondary N) is 1. The van der Waals surface area contributed by atoms with E-state index in [1.54, 1.807) is 0 Å². The number of unbranched alkanes of at least 4 members (excludes halogenated alkanes) is 2. The third kappa shape index (κ3) is 7.49. The van der Waals surface area contributed by atoms with Crippen molar-refractivity contribution < 1.29 is 9.84 Å². The van der Waals surface area contributed by atoms with Crippen molar-refractivity contribution in [3.8, 4) is 5.75 Å². The van der Waals surface area contributed by atoms with Gasteiger partial charge in [-0.1, -0.05) is 38.3 Å². The van der Waals surface area contributed by atoms with E-state index in [2.05, 4.69) is 25.2 Å². The lowest BCUT2D eigenvalue weighted by Gasteiger charge is -2.18. The van der Waals surface area contributed by atoms with E-state index in [1.807, 2.05) is 26.0 Å². The van der Waals surface area contributed by atoms with Crippen LogP contribution in [0.5, 0.6) is 5.75 Å². The molecule has 1 aromatic carbocycles. The van der Waals surface area contributed by atoms with Crippen LogP contribution in [0.15, 0.2) is 18.2 Å². The summed E-state index contributed by atoms with van der Waals surface area (Å²) in [6.45, 7) is 9.37.